The maximum atomic E-state index is 12.8. The molecule has 6 nitrogen and oxygen atoms in total. The van der Waals surface area contributed by atoms with Crippen LogP contribution in [0.3, 0.4) is 0 Å². The Kier molecular flexibility index (Phi) is 9.82. The minimum atomic E-state index is -0.517. The normalized spacial score (nSPS) is 10.9. The zero-order valence-electron chi connectivity index (χ0n) is 22.3. The topological polar surface area (TPSA) is 80.6 Å². The van der Waals surface area contributed by atoms with E-state index in [-0.39, 0.29) is 5.57 Å². The molecular weight excluding hydrogens is 524 g/mol. The van der Waals surface area contributed by atoms with Gasteiger partial charge in [-0.15, -0.1) is 0 Å². The Morgan fingerprint density at radius 2 is 1.50 bits per heavy atom. The molecule has 7 heteroatoms. The summed E-state index contributed by atoms with van der Waals surface area (Å²) in [6.45, 7) is 5.13. The number of benzene rings is 4. The van der Waals surface area contributed by atoms with Gasteiger partial charge in [-0.05, 0) is 85.1 Å². The Labute approximate surface area is 239 Å². The van der Waals surface area contributed by atoms with E-state index in [0.29, 0.717) is 53.3 Å². The van der Waals surface area contributed by atoms with Gasteiger partial charge in [0.2, 0.25) is 0 Å². The summed E-state index contributed by atoms with van der Waals surface area (Å²) in [6.07, 6.45) is 1.51. The Morgan fingerprint density at radius 3 is 2.15 bits per heavy atom. The van der Waals surface area contributed by atoms with E-state index in [2.05, 4.69) is 5.32 Å². The van der Waals surface area contributed by atoms with E-state index in [1.54, 1.807) is 54.6 Å². The minimum absolute atomic E-state index is 0.0445. The summed E-state index contributed by atoms with van der Waals surface area (Å²) in [6, 6.07) is 29.8. The lowest BCUT2D eigenvalue weighted by atomic mass is 10.1. The van der Waals surface area contributed by atoms with Crippen molar-refractivity contribution in [2.45, 2.75) is 27.1 Å². The zero-order valence-corrected chi connectivity index (χ0v) is 23.1. The van der Waals surface area contributed by atoms with Crippen molar-refractivity contribution in [3.63, 3.8) is 0 Å². The predicted molar refractivity (Wildman–Crippen MR) is 158 cm³/mol. The number of hydrogen-bond acceptors (Lipinski definition) is 5. The van der Waals surface area contributed by atoms with Crippen LogP contribution < -0.4 is 19.5 Å². The molecule has 0 radical (unpaired) electrons. The molecule has 0 aliphatic heterocycles. The van der Waals surface area contributed by atoms with Gasteiger partial charge in [0.05, 0.1) is 6.61 Å². The summed E-state index contributed by atoms with van der Waals surface area (Å²) in [5.41, 5.74) is 4.37. The van der Waals surface area contributed by atoms with E-state index < -0.39 is 5.91 Å². The van der Waals surface area contributed by atoms with Crippen LogP contribution in [-0.4, -0.2) is 12.5 Å². The lowest BCUT2D eigenvalue weighted by Crippen LogP contribution is -2.13. The maximum absolute atomic E-state index is 12.8. The molecule has 1 N–H and O–H groups in total. The van der Waals surface area contributed by atoms with Gasteiger partial charge >= 0.3 is 0 Å². The van der Waals surface area contributed by atoms with E-state index in [9.17, 15) is 10.1 Å². The number of amides is 1. The first kappa shape index (κ1) is 28.3. The molecule has 0 bridgehead atoms. The third-order valence-electron chi connectivity index (χ3n) is 5.89. The summed E-state index contributed by atoms with van der Waals surface area (Å²) in [4.78, 5) is 12.8. The molecule has 0 unspecified atom stereocenters. The summed E-state index contributed by atoms with van der Waals surface area (Å²) in [5, 5.41) is 13.1. The number of carbonyl (C=O) groups excluding carboxylic acids is 1. The first-order chi connectivity index (χ1) is 19.4. The highest BCUT2D eigenvalue weighted by Gasteiger charge is 2.12. The van der Waals surface area contributed by atoms with Gasteiger partial charge in [-0.25, -0.2) is 0 Å². The fourth-order valence-electron chi connectivity index (χ4n) is 3.74. The molecule has 0 aromatic heterocycles. The fourth-order valence-corrected chi connectivity index (χ4v) is 3.87. The summed E-state index contributed by atoms with van der Waals surface area (Å²) in [7, 11) is 0. The standard InChI is InChI=1S/C33H29ClN2O4/c1-3-38-32-19-26(10-17-31(32)40-22-25-8-11-28(34)12-9-25)18-27(20-35)33(37)36-29-13-15-30(16-14-29)39-21-24-6-4-23(2)5-7-24/h4-19H,3,21-22H2,1-2H3,(H,36,37)/b27-18+. The molecule has 4 aromatic rings. The molecule has 0 atom stereocenters. The molecule has 0 spiro atoms. The zero-order chi connectivity index (χ0) is 28.3. The Bertz CT molecular complexity index is 1510. The molecule has 0 saturated carbocycles. The van der Waals surface area contributed by atoms with Gasteiger partial charge in [0.1, 0.15) is 30.6 Å². The third-order valence-corrected chi connectivity index (χ3v) is 6.14. The van der Waals surface area contributed by atoms with Gasteiger partial charge in [0, 0.05) is 10.7 Å². The molecular formula is C33H29ClN2O4. The van der Waals surface area contributed by atoms with Gasteiger partial charge in [-0.2, -0.15) is 5.26 Å². The fraction of sp³-hybridized carbons (Fsp3) is 0.152. The average molecular weight is 553 g/mol. The molecule has 0 fully saturated rings. The van der Waals surface area contributed by atoms with Crippen LogP contribution in [0.1, 0.15) is 29.2 Å². The second-order valence-electron chi connectivity index (χ2n) is 8.98. The van der Waals surface area contributed by atoms with Crippen molar-refractivity contribution in [1.29, 1.82) is 5.26 Å². The molecule has 0 aliphatic carbocycles. The number of hydrogen-bond donors (Lipinski definition) is 1. The lowest BCUT2D eigenvalue weighted by Gasteiger charge is -2.13. The van der Waals surface area contributed by atoms with E-state index in [1.807, 2.05) is 56.3 Å². The predicted octanol–water partition coefficient (Wildman–Crippen LogP) is 7.75. The van der Waals surface area contributed by atoms with Gasteiger partial charge in [-0.1, -0.05) is 59.6 Å². The van der Waals surface area contributed by atoms with E-state index in [1.165, 1.54) is 11.6 Å². The van der Waals surface area contributed by atoms with Gasteiger partial charge in [-0.3, -0.25) is 4.79 Å². The van der Waals surface area contributed by atoms with Crippen LogP contribution in [-0.2, 0) is 18.0 Å². The van der Waals surface area contributed by atoms with Crippen LogP contribution in [0.15, 0.2) is 96.6 Å². The number of ether oxygens (including phenoxy) is 3. The largest absolute Gasteiger partial charge is 0.490 e. The molecule has 0 aliphatic rings. The van der Waals surface area contributed by atoms with Gasteiger partial charge < -0.3 is 19.5 Å². The van der Waals surface area contributed by atoms with E-state index in [4.69, 9.17) is 25.8 Å². The Morgan fingerprint density at radius 1 is 0.850 bits per heavy atom. The average Bonchev–Trinajstić information content (AvgIpc) is 2.97. The van der Waals surface area contributed by atoms with Crippen molar-refractivity contribution < 1.29 is 19.0 Å². The van der Waals surface area contributed by atoms with Gasteiger partial charge in [0.15, 0.2) is 11.5 Å². The molecule has 0 heterocycles. The number of nitrogens with zero attached hydrogens (tertiary/aromatic N) is 1. The van der Waals surface area contributed by atoms with Crippen LogP contribution >= 0.6 is 11.6 Å². The summed E-state index contributed by atoms with van der Waals surface area (Å²) >= 11 is 5.95. The van der Waals surface area contributed by atoms with Crippen molar-refractivity contribution in [1.82, 2.24) is 0 Å². The van der Waals surface area contributed by atoms with E-state index in [0.717, 1.165) is 11.1 Å². The molecule has 0 saturated heterocycles. The number of halogens is 1. The highest BCUT2D eigenvalue weighted by molar-refractivity contribution is 6.30. The first-order valence-electron chi connectivity index (χ1n) is 12.8. The van der Waals surface area contributed by atoms with Crippen LogP contribution in [0.5, 0.6) is 17.2 Å². The smallest absolute Gasteiger partial charge is 0.266 e. The van der Waals surface area contributed by atoms with Crippen molar-refractivity contribution in [3.05, 3.63) is 124 Å². The number of carbonyl (C=O) groups is 1. The van der Waals surface area contributed by atoms with Crippen LogP contribution in [0, 0.1) is 18.3 Å². The maximum Gasteiger partial charge on any atom is 0.266 e. The Balaban J connectivity index is 1.39. The van der Waals surface area contributed by atoms with Crippen molar-refractivity contribution in [2.75, 3.05) is 11.9 Å². The summed E-state index contributed by atoms with van der Waals surface area (Å²) < 4.78 is 17.5. The second kappa shape index (κ2) is 13.9. The molecule has 40 heavy (non-hydrogen) atoms. The molecule has 4 aromatic carbocycles. The number of nitriles is 1. The van der Waals surface area contributed by atoms with Crippen LogP contribution in [0.2, 0.25) is 5.02 Å². The molecule has 4 rings (SSSR count). The van der Waals surface area contributed by atoms with Crippen LogP contribution in [0.4, 0.5) is 5.69 Å². The quantitative estimate of drug-likeness (QED) is 0.152. The highest BCUT2D eigenvalue weighted by atomic mass is 35.5. The SMILES string of the molecule is CCOc1cc(/C=C(\C#N)C(=O)Nc2ccc(OCc3ccc(C)cc3)cc2)ccc1OCc1ccc(Cl)cc1. The van der Waals surface area contributed by atoms with Crippen molar-refractivity contribution >= 4 is 29.3 Å². The first-order valence-corrected chi connectivity index (χ1v) is 13.2. The molecule has 1 amide bonds. The summed E-state index contributed by atoms with van der Waals surface area (Å²) in [5.74, 6) is 1.24. The molecule has 202 valence electrons. The monoisotopic (exact) mass is 552 g/mol. The number of anilines is 1. The van der Waals surface area contributed by atoms with Crippen molar-refractivity contribution in [3.8, 4) is 23.3 Å². The van der Waals surface area contributed by atoms with E-state index >= 15 is 0 Å². The van der Waals surface area contributed by atoms with Crippen LogP contribution in [0.25, 0.3) is 6.08 Å². The Hall–Kier alpha value is -4.73. The lowest BCUT2D eigenvalue weighted by molar-refractivity contribution is -0.112. The second-order valence-corrected chi connectivity index (χ2v) is 9.41. The minimum Gasteiger partial charge on any atom is -0.490 e. The number of nitrogens with one attached hydrogen (secondary N) is 1. The third kappa shape index (κ3) is 8.13. The van der Waals surface area contributed by atoms with Gasteiger partial charge in [0.25, 0.3) is 5.91 Å². The van der Waals surface area contributed by atoms with Crippen molar-refractivity contribution in [2.24, 2.45) is 0 Å². The number of rotatable bonds is 11. The number of aryl methyl sites for hydroxylation is 1. The highest BCUT2D eigenvalue weighted by Crippen LogP contribution is 2.30.